The number of nitrogens with zero attached hydrogens (tertiary/aromatic N) is 3. The summed E-state index contributed by atoms with van der Waals surface area (Å²) in [6.07, 6.45) is 1.77. The van der Waals surface area contributed by atoms with E-state index in [-0.39, 0.29) is 11.8 Å². The molecule has 7 nitrogen and oxygen atoms in total. The monoisotopic (exact) mass is 393 g/mol. The summed E-state index contributed by atoms with van der Waals surface area (Å²) in [5.41, 5.74) is 9.85. The van der Waals surface area contributed by atoms with Crippen LogP contribution in [0.2, 0.25) is 0 Å². The van der Waals surface area contributed by atoms with Crippen LogP contribution in [0.4, 0.5) is 20.7 Å². The number of nitrogen functional groups attached to an aromatic ring is 1. The highest BCUT2D eigenvalue weighted by Gasteiger charge is 2.25. The fraction of sp³-hybridized carbons (Fsp3) is 0.190. The van der Waals surface area contributed by atoms with E-state index in [4.69, 9.17) is 10.5 Å². The lowest BCUT2D eigenvalue weighted by atomic mass is 10.1. The third-order valence-corrected chi connectivity index (χ3v) is 4.74. The number of rotatable bonds is 4. The van der Waals surface area contributed by atoms with Gasteiger partial charge in [-0.25, -0.2) is 14.2 Å². The van der Waals surface area contributed by atoms with Crippen molar-refractivity contribution in [3.63, 3.8) is 0 Å². The number of hydrogen-bond acceptors (Lipinski definition) is 5. The van der Waals surface area contributed by atoms with Crippen LogP contribution in [-0.2, 0) is 24.4 Å². The second-order valence-electron chi connectivity index (χ2n) is 6.78. The Balaban J connectivity index is 1.52. The molecule has 0 saturated carbocycles. The molecule has 2 amide bonds. The molecule has 0 spiro atoms. The van der Waals surface area contributed by atoms with Crippen molar-refractivity contribution in [2.45, 2.75) is 19.7 Å². The van der Waals surface area contributed by atoms with Crippen molar-refractivity contribution in [1.29, 1.82) is 0 Å². The highest BCUT2D eigenvalue weighted by atomic mass is 19.1. The van der Waals surface area contributed by atoms with Gasteiger partial charge in [0.1, 0.15) is 5.82 Å². The van der Waals surface area contributed by atoms with Crippen molar-refractivity contribution in [3.8, 4) is 11.3 Å². The minimum Gasteiger partial charge on any atom is -0.396 e. The predicted octanol–water partition coefficient (Wildman–Crippen LogP) is 3.56. The predicted molar refractivity (Wildman–Crippen MR) is 107 cm³/mol. The van der Waals surface area contributed by atoms with Gasteiger partial charge in [-0.1, -0.05) is 12.1 Å². The second kappa shape index (κ2) is 7.84. The van der Waals surface area contributed by atoms with Gasteiger partial charge in [0.2, 0.25) is 0 Å². The topological polar surface area (TPSA) is 93.4 Å². The first-order valence-corrected chi connectivity index (χ1v) is 9.08. The molecule has 3 aromatic rings. The van der Waals surface area contributed by atoms with Gasteiger partial charge in [0.25, 0.3) is 0 Å². The number of amides is 2. The minimum atomic E-state index is -0.392. The first-order valence-electron chi connectivity index (χ1n) is 9.08. The molecule has 2 aromatic heterocycles. The lowest BCUT2D eigenvalue weighted by molar-refractivity contribution is 0.181. The summed E-state index contributed by atoms with van der Waals surface area (Å²) in [4.78, 5) is 23.1. The average molecular weight is 393 g/mol. The lowest BCUT2D eigenvalue weighted by Crippen LogP contribution is -2.30. The van der Waals surface area contributed by atoms with Gasteiger partial charge in [-0.15, -0.1) is 0 Å². The van der Waals surface area contributed by atoms with Crippen LogP contribution in [0.15, 0.2) is 48.7 Å². The Morgan fingerprint density at radius 2 is 2.03 bits per heavy atom. The van der Waals surface area contributed by atoms with E-state index in [2.05, 4.69) is 15.3 Å². The Hall–Kier alpha value is -3.52. The number of pyridine rings is 2. The average Bonchev–Trinajstić information content (AvgIpc) is 3.14. The maximum atomic E-state index is 14.1. The Labute approximate surface area is 167 Å². The second-order valence-corrected chi connectivity index (χ2v) is 6.78. The van der Waals surface area contributed by atoms with Gasteiger partial charge in [-0.2, -0.15) is 0 Å². The summed E-state index contributed by atoms with van der Waals surface area (Å²) in [5.74, 6) is -0.193. The molecule has 1 aliphatic heterocycles. The summed E-state index contributed by atoms with van der Waals surface area (Å²) in [6, 6.07) is 11.2. The highest BCUT2D eigenvalue weighted by Crippen LogP contribution is 2.27. The molecule has 0 saturated heterocycles. The third kappa shape index (κ3) is 3.88. The zero-order chi connectivity index (χ0) is 20.4. The molecule has 1 aromatic carbocycles. The quantitative estimate of drug-likeness (QED) is 0.707. The van der Waals surface area contributed by atoms with Crippen LogP contribution in [0.25, 0.3) is 11.3 Å². The molecule has 0 bridgehead atoms. The summed E-state index contributed by atoms with van der Waals surface area (Å²) in [6.45, 7) is 1.31. The Morgan fingerprint density at radius 3 is 2.83 bits per heavy atom. The van der Waals surface area contributed by atoms with Gasteiger partial charge < -0.3 is 15.4 Å². The van der Waals surface area contributed by atoms with E-state index in [1.165, 1.54) is 6.07 Å². The number of fused-ring (bicyclic) bond motifs is 1. The Kier molecular flexibility index (Phi) is 5.09. The van der Waals surface area contributed by atoms with Crippen LogP contribution in [-0.4, -0.2) is 28.0 Å². The van der Waals surface area contributed by atoms with Crippen molar-refractivity contribution in [3.05, 3.63) is 71.3 Å². The molecule has 0 aliphatic carbocycles. The highest BCUT2D eigenvalue weighted by molar-refractivity contribution is 5.92. The normalized spacial score (nSPS) is 12.7. The minimum absolute atomic E-state index is 0.199. The summed E-state index contributed by atoms with van der Waals surface area (Å²) in [7, 11) is 1.61. The van der Waals surface area contributed by atoms with E-state index in [9.17, 15) is 9.18 Å². The van der Waals surface area contributed by atoms with Crippen molar-refractivity contribution in [2.24, 2.45) is 0 Å². The standard InChI is InChI=1S/C21H20FN5O2/c1-29-12-15-8-13-10-27(11-14(13)9-24-15)21(28)26-20-18(23)6-7-19(25-20)16-4-2-3-5-17(16)22/h2-9H,10-12,23H2,1H3,(H,25,26,28). The summed E-state index contributed by atoms with van der Waals surface area (Å²) in [5, 5.41) is 2.74. The van der Waals surface area contributed by atoms with E-state index in [1.807, 2.05) is 6.07 Å². The van der Waals surface area contributed by atoms with Gasteiger partial charge in [-0.05, 0) is 41.5 Å². The van der Waals surface area contributed by atoms with Crippen molar-refractivity contribution < 1.29 is 13.9 Å². The number of carbonyl (C=O) groups excluding carboxylic acids is 1. The van der Waals surface area contributed by atoms with Crippen LogP contribution in [0, 0.1) is 5.82 Å². The maximum absolute atomic E-state index is 14.1. The van der Waals surface area contributed by atoms with Gasteiger partial charge in [0.15, 0.2) is 5.82 Å². The van der Waals surface area contributed by atoms with E-state index >= 15 is 0 Å². The number of carbonyl (C=O) groups is 1. The zero-order valence-corrected chi connectivity index (χ0v) is 15.9. The molecule has 0 unspecified atom stereocenters. The first-order chi connectivity index (χ1) is 14.0. The van der Waals surface area contributed by atoms with Crippen molar-refractivity contribution in [2.75, 3.05) is 18.2 Å². The van der Waals surface area contributed by atoms with Gasteiger partial charge in [-0.3, -0.25) is 10.3 Å². The van der Waals surface area contributed by atoms with E-state index < -0.39 is 5.82 Å². The number of urea groups is 1. The van der Waals surface area contributed by atoms with Crippen molar-refractivity contribution in [1.82, 2.24) is 14.9 Å². The number of halogens is 1. The Bertz CT molecular complexity index is 1070. The molecule has 0 atom stereocenters. The molecule has 4 rings (SSSR count). The number of nitrogens with two attached hydrogens (primary N) is 1. The molecule has 3 N–H and O–H groups in total. The maximum Gasteiger partial charge on any atom is 0.323 e. The fourth-order valence-corrected chi connectivity index (χ4v) is 3.27. The van der Waals surface area contributed by atoms with E-state index in [0.717, 1.165) is 16.8 Å². The summed E-state index contributed by atoms with van der Waals surface area (Å²) < 4.78 is 19.2. The van der Waals surface area contributed by atoms with Crippen LogP contribution >= 0.6 is 0 Å². The van der Waals surface area contributed by atoms with E-state index in [1.54, 1.807) is 48.5 Å². The molecular formula is C21H20FN5O2. The molecule has 1 aliphatic rings. The van der Waals surface area contributed by atoms with Gasteiger partial charge >= 0.3 is 6.03 Å². The van der Waals surface area contributed by atoms with Crippen molar-refractivity contribution >= 4 is 17.5 Å². The largest absolute Gasteiger partial charge is 0.396 e. The van der Waals surface area contributed by atoms with Crippen LogP contribution in [0.1, 0.15) is 16.8 Å². The molecule has 29 heavy (non-hydrogen) atoms. The first kappa shape index (κ1) is 18.8. The molecule has 0 radical (unpaired) electrons. The number of anilines is 2. The van der Waals surface area contributed by atoms with Gasteiger partial charge in [0, 0.05) is 32.0 Å². The number of nitrogens with one attached hydrogen (secondary N) is 1. The number of benzene rings is 1. The Morgan fingerprint density at radius 1 is 1.24 bits per heavy atom. The van der Waals surface area contributed by atoms with Crippen LogP contribution < -0.4 is 11.1 Å². The third-order valence-electron chi connectivity index (χ3n) is 4.74. The molecule has 0 fully saturated rings. The molecular weight excluding hydrogens is 373 g/mol. The fourth-order valence-electron chi connectivity index (χ4n) is 3.27. The van der Waals surface area contributed by atoms with E-state index in [0.29, 0.717) is 36.6 Å². The number of hydrogen-bond donors (Lipinski definition) is 2. The number of aromatic nitrogens is 2. The molecule has 8 heteroatoms. The number of ether oxygens (including phenoxy) is 1. The van der Waals surface area contributed by atoms with Crippen LogP contribution in [0.3, 0.4) is 0 Å². The molecule has 148 valence electrons. The summed E-state index contributed by atoms with van der Waals surface area (Å²) >= 11 is 0. The smallest absolute Gasteiger partial charge is 0.323 e. The SMILES string of the molecule is COCc1cc2c(cn1)CN(C(=O)Nc1nc(-c3ccccc3F)ccc1N)C2. The zero-order valence-electron chi connectivity index (χ0n) is 15.9. The van der Waals surface area contributed by atoms with Crippen LogP contribution in [0.5, 0.6) is 0 Å². The van der Waals surface area contributed by atoms with Gasteiger partial charge in [0.05, 0.1) is 23.7 Å². The molecule has 3 heterocycles. The lowest BCUT2D eigenvalue weighted by Gasteiger charge is -2.17. The number of methoxy groups -OCH3 is 1.